The van der Waals surface area contributed by atoms with E-state index in [0.717, 1.165) is 24.1 Å². The summed E-state index contributed by atoms with van der Waals surface area (Å²) in [7, 11) is 1.36. The Morgan fingerprint density at radius 1 is 1.28 bits per heavy atom. The van der Waals surface area contributed by atoms with Gasteiger partial charge < -0.3 is 15.2 Å². The van der Waals surface area contributed by atoms with Crippen LogP contribution < -0.4 is 10.1 Å². The third kappa shape index (κ3) is 4.53. The van der Waals surface area contributed by atoms with Gasteiger partial charge in [-0.25, -0.2) is 9.07 Å². The molecule has 0 radical (unpaired) electrons. The Labute approximate surface area is 187 Å². The lowest BCUT2D eigenvalue weighted by atomic mass is 9.92. The molecule has 3 aromatic rings. The Bertz CT molecular complexity index is 1080. The second-order valence-electron chi connectivity index (χ2n) is 8.28. The van der Waals surface area contributed by atoms with Gasteiger partial charge in [-0.2, -0.15) is 5.10 Å². The molecule has 2 N–H and O–H groups in total. The number of halogens is 1. The van der Waals surface area contributed by atoms with Crippen molar-refractivity contribution < 1.29 is 19.0 Å². The number of nitrogens with zero attached hydrogens (tertiary/aromatic N) is 2. The van der Waals surface area contributed by atoms with Crippen LogP contribution in [0.15, 0.2) is 48.8 Å². The summed E-state index contributed by atoms with van der Waals surface area (Å²) in [5, 5.41) is 17.3. The highest BCUT2D eigenvalue weighted by Crippen LogP contribution is 2.30. The van der Waals surface area contributed by atoms with Gasteiger partial charge in [0.25, 0.3) is 5.91 Å². The lowest BCUT2D eigenvalue weighted by molar-refractivity contribution is 0.0714. The number of hydrogen-bond donors (Lipinski definition) is 2. The molecule has 1 amide bonds. The quantitative estimate of drug-likeness (QED) is 0.612. The maximum atomic E-state index is 15.1. The number of nitrogens with one attached hydrogen (secondary N) is 1. The molecule has 7 heteroatoms. The molecule has 1 aromatic heterocycles. The number of aliphatic hydroxyl groups excluding tert-OH is 1. The van der Waals surface area contributed by atoms with Crippen LogP contribution in [-0.4, -0.2) is 40.0 Å². The first-order chi connectivity index (χ1) is 15.5. The van der Waals surface area contributed by atoms with Crippen LogP contribution in [0.5, 0.6) is 5.75 Å². The zero-order chi connectivity index (χ0) is 22.7. The fraction of sp³-hybridized carbons (Fsp3) is 0.360. The van der Waals surface area contributed by atoms with E-state index in [1.165, 1.54) is 7.11 Å². The van der Waals surface area contributed by atoms with Crippen LogP contribution in [0.3, 0.4) is 0 Å². The number of ether oxygens (including phenoxy) is 1. The Morgan fingerprint density at radius 2 is 2.03 bits per heavy atom. The molecule has 6 nitrogen and oxygen atoms in total. The Hall–Kier alpha value is -3.19. The molecule has 32 heavy (non-hydrogen) atoms. The topological polar surface area (TPSA) is 76.4 Å². The molecule has 0 bridgehead atoms. The van der Waals surface area contributed by atoms with E-state index in [2.05, 4.69) is 10.4 Å². The first-order valence-electron chi connectivity index (χ1n) is 10.9. The maximum absolute atomic E-state index is 15.1. The van der Waals surface area contributed by atoms with Crippen molar-refractivity contribution in [2.24, 2.45) is 0 Å². The van der Waals surface area contributed by atoms with E-state index in [1.807, 2.05) is 36.5 Å². The van der Waals surface area contributed by atoms with Gasteiger partial charge in [-0.05, 0) is 67.1 Å². The summed E-state index contributed by atoms with van der Waals surface area (Å²) >= 11 is 0. The van der Waals surface area contributed by atoms with E-state index in [1.54, 1.807) is 23.9 Å². The van der Waals surface area contributed by atoms with Gasteiger partial charge >= 0.3 is 0 Å². The predicted octanol–water partition coefficient (Wildman–Crippen LogP) is 3.95. The van der Waals surface area contributed by atoms with E-state index in [0.29, 0.717) is 30.4 Å². The second kappa shape index (κ2) is 9.53. The van der Waals surface area contributed by atoms with Crippen molar-refractivity contribution in [1.82, 2.24) is 15.1 Å². The van der Waals surface area contributed by atoms with Crippen LogP contribution in [0.2, 0.25) is 0 Å². The third-order valence-corrected chi connectivity index (χ3v) is 6.17. The molecule has 0 unspecified atom stereocenters. The number of rotatable bonds is 6. The first-order valence-corrected chi connectivity index (χ1v) is 10.9. The lowest BCUT2D eigenvalue weighted by Crippen LogP contribution is -2.45. The zero-order valence-corrected chi connectivity index (χ0v) is 18.3. The molecule has 2 atom stereocenters. The number of carbonyl (C=O) groups is 1. The van der Waals surface area contributed by atoms with Gasteiger partial charge in [-0.3, -0.25) is 4.79 Å². The lowest BCUT2D eigenvalue weighted by Gasteiger charge is -2.28. The number of amides is 1. The van der Waals surface area contributed by atoms with Gasteiger partial charge in [0.15, 0.2) is 11.6 Å². The van der Waals surface area contributed by atoms with E-state index in [-0.39, 0.29) is 17.4 Å². The normalized spacial score (nSPS) is 18.4. The van der Waals surface area contributed by atoms with Gasteiger partial charge in [0, 0.05) is 12.4 Å². The number of aliphatic hydroxyl groups is 1. The van der Waals surface area contributed by atoms with Crippen molar-refractivity contribution in [3.05, 3.63) is 76.9 Å². The fourth-order valence-corrected chi connectivity index (χ4v) is 4.26. The number of benzene rings is 2. The van der Waals surface area contributed by atoms with Crippen molar-refractivity contribution in [3.63, 3.8) is 0 Å². The molecule has 1 fully saturated rings. The molecule has 168 valence electrons. The van der Waals surface area contributed by atoms with Crippen molar-refractivity contribution >= 4 is 5.91 Å². The zero-order valence-electron chi connectivity index (χ0n) is 18.3. The van der Waals surface area contributed by atoms with Crippen molar-refractivity contribution in [3.8, 4) is 11.4 Å². The molecule has 1 aliphatic rings. The highest BCUT2D eigenvalue weighted by Gasteiger charge is 2.27. The Morgan fingerprint density at radius 3 is 2.69 bits per heavy atom. The average Bonchev–Trinajstić information content (AvgIpc) is 3.34. The minimum Gasteiger partial charge on any atom is -0.493 e. The highest BCUT2D eigenvalue weighted by molar-refractivity contribution is 5.97. The number of aromatic nitrogens is 2. The summed E-state index contributed by atoms with van der Waals surface area (Å²) in [6.07, 6.45) is 6.73. The van der Waals surface area contributed by atoms with Crippen molar-refractivity contribution in [1.29, 1.82) is 0 Å². The van der Waals surface area contributed by atoms with Crippen LogP contribution in [0, 0.1) is 12.7 Å². The molecular weight excluding hydrogens is 409 g/mol. The molecule has 1 heterocycles. The number of hydrogen-bond acceptors (Lipinski definition) is 4. The van der Waals surface area contributed by atoms with Crippen LogP contribution in [-0.2, 0) is 6.42 Å². The summed E-state index contributed by atoms with van der Waals surface area (Å²) in [5.41, 5.74) is 3.23. The summed E-state index contributed by atoms with van der Waals surface area (Å²) in [5.74, 6) is -1.03. The molecule has 1 aliphatic carbocycles. The minimum atomic E-state index is -0.582. The summed E-state index contributed by atoms with van der Waals surface area (Å²) < 4.78 is 22.1. The molecule has 2 aromatic carbocycles. The van der Waals surface area contributed by atoms with Gasteiger partial charge in [-0.15, -0.1) is 0 Å². The van der Waals surface area contributed by atoms with E-state index < -0.39 is 17.8 Å². The third-order valence-electron chi connectivity index (χ3n) is 6.17. The predicted molar refractivity (Wildman–Crippen MR) is 120 cm³/mol. The van der Waals surface area contributed by atoms with E-state index in [4.69, 9.17) is 4.74 Å². The largest absolute Gasteiger partial charge is 0.493 e. The summed E-state index contributed by atoms with van der Waals surface area (Å²) in [4.78, 5) is 13.0. The first kappa shape index (κ1) is 22.0. The monoisotopic (exact) mass is 437 g/mol. The van der Waals surface area contributed by atoms with Gasteiger partial charge in [0.2, 0.25) is 0 Å². The van der Waals surface area contributed by atoms with Crippen LogP contribution in [0.1, 0.15) is 52.7 Å². The van der Waals surface area contributed by atoms with Gasteiger partial charge in [0.05, 0.1) is 30.5 Å². The molecule has 0 aliphatic heterocycles. The minimum absolute atomic E-state index is 0.0666. The standard InChI is InChI=1S/C25H28FN3O3/c1-16-18(14-17-8-10-19(11-9-17)29-13-5-12-27-29)15-20(24(32-2)23(16)26)25(31)28-21-6-3-4-7-22(21)30/h5,8-13,15,21-22,30H,3-4,6-7,14H2,1-2H3,(H,28,31)/t21-,22-/m0/s1. The summed E-state index contributed by atoms with van der Waals surface area (Å²) in [6, 6.07) is 11.1. The number of methoxy groups -OCH3 is 1. The summed E-state index contributed by atoms with van der Waals surface area (Å²) in [6.45, 7) is 1.69. The Balaban J connectivity index is 1.60. The van der Waals surface area contributed by atoms with Gasteiger partial charge in [0.1, 0.15) is 0 Å². The SMILES string of the molecule is COc1c(C(=O)N[C@H]2CCCC[C@@H]2O)cc(Cc2ccc(-n3cccn3)cc2)c(C)c1F. The van der Waals surface area contributed by atoms with E-state index >= 15 is 4.39 Å². The molecule has 1 saturated carbocycles. The fourth-order valence-electron chi connectivity index (χ4n) is 4.26. The molecule has 0 saturated heterocycles. The Kier molecular flexibility index (Phi) is 6.55. The van der Waals surface area contributed by atoms with Gasteiger partial charge in [-0.1, -0.05) is 25.0 Å². The maximum Gasteiger partial charge on any atom is 0.255 e. The van der Waals surface area contributed by atoms with Crippen LogP contribution >= 0.6 is 0 Å². The van der Waals surface area contributed by atoms with Crippen LogP contribution in [0.25, 0.3) is 5.69 Å². The number of carbonyl (C=O) groups excluding carboxylic acids is 1. The van der Waals surface area contributed by atoms with Crippen LogP contribution in [0.4, 0.5) is 4.39 Å². The average molecular weight is 438 g/mol. The smallest absolute Gasteiger partial charge is 0.255 e. The highest BCUT2D eigenvalue weighted by atomic mass is 19.1. The molecular formula is C25H28FN3O3. The van der Waals surface area contributed by atoms with Crippen molar-refractivity contribution in [2.45, 2.75) is 51.2 Å². The second-order valence-corrected chi connectivity index (χ2v) is 8.28. The van der Waals surface area contributed by atoms with E-state index in [9.17, 15) is 9.90 Å². The molecule has 0 spiro atoms. The molecule has 4 rings (SSSR count). The van der Waals surface area contributed by atoms with Crippen molar-refractivity contribution in [2.75, 3.05) is 7.11 Å².